The molecule has 3 atom stereocenters. The summed E-state index contributed by atoms with van der Waals surface area (Å²) in [6.45, 7) is 5.89. The first-order chi connectivity index (χ1) is 20.0. The minimum absolute atomic E-state index is 0.0536. The van der Waals surface area contributed by atoms with Crippen molar-refractivity contribution in [2.75, 3.05) is 12.3 Å². The first-order valence-electron chi connectivity index (χ1n) is 14.0. The second-order valence-electron chi connectivity index (χ2n) is 11.3. The third kappa shape index (κ3) is 14.1. The van der Waals surface area contributed by atoms with E-state index in [9.17, 15) is 36.7 Å². The van der Waals surface area contributed by atoms with Crippen molar-refractivity contribution in [3.05, 3.63) is 71.3 Å². The molecule has 0 bridgehead atoms. The molecule has 3 unspecified atom stereocenters. The first-order valence-corrected chi connectivity index (χ1v) is 15.6. The molecular formula is C30H41F2N3O7S. The molecule has 0 aromatic heterocycles. The molecule has 0 spiro atoms. The molecule has 43 heavy (non-hydrogen) atoms. The fourth-order valence-corrected chi connectivity index (χ4v) is 5.43. The van der Waals surface area contributed by atoms with Crippen LogP contribution in [-0.2, 0) is 37.2 Å². The highest BCUT2D eigenvalue weighted by Gasteiger charge is 2.27. The Hall–Kier alpha value is -3.42. The fourth-order valence-electron chi connectivity index (χ4n) is 4.25. The van der Waals surface area contributed by atoms with Gasteiger partial charge in [-0.2, -0.15) is 0 Å². The van der Waals surface area contributed by atoms with Gasteiger partial charge in [0, 0.05) is 25.9 Å². The van der Waals surface area contributed by atoms with Crippen LogP contribution >= 0.6 is 0 Å². The van der Waals surface area contributed by atoms with E-state index in [-0.39, 0.29) is 50.0 Å². The number of Topliss-reactive ketones (excluding diaryl/α,β-unsaturated/α-hetero) is 1. The number of alkyl carbamates (subject to hydrolysis) is 1. The van der Waals surface area contributed by atoms with Crippen LogP contribution in [0.15, 0.2) is 48.5 Å². The number of rotatable bonds is 16. The molecule has 2 rings (SSSR count). The molecule has 2 aromatic carbocycles. The molecule has 0 saturated carbocycles. The lowest BCUT2D eigenvalue weighted by Gasteiger charge is -2.24. The molecule has 4 N–H and O–H groups in total. The minimum Gasteiger partial charge on any atom is -0.444 e. The number of benzene rings is 2. The number of amides is 2. The molecule has 0 aliphatic carbocycles. The van der Waals surface area contributed by atoms with E-state index in [1.807, 2.05) is 18.2 Å². The standard InChI is InChI=1S/C30H41F2N3O7S/c1-20(36)34-26(16-21-10-6-5-7-11-21)28(38)27(37)12-8-9-15-43(40,41)33-19-24(35-29(39)42-30(2,3)4)18-22-17-23(31)13-14-25(22)32/h5-7,10-11,13-14,17,24,26,28,33,38H,8-9,12,15-16,18-19H2,1-4H3,(H,34,36)(H,35,39). The Kier molecular flexibility index (Phi) is 13.7. The average molecular weight is 626 g/mol. The van der Waals surface area contributed by atoms with Crippen LogP contribution in [0.5, 0.6) is 0 Å². The van der Waals surface area contributed by atoms with E-state index in [1.165, 1.54) is 6.92 Å². The molecule has 0 fully saturated rings. The van der Waals surface area contributed by atoms with Crippen molar-refractivity contribution in [1.82, 2.24) is 15.4 Å². The monoisotopic (exact) mass is 625 g/mol. The number of aliphatic hydroxyl groups is 1. The molecule has 0 heterocycles. The predicted octanol–water partition coefficient (Wildman–Crippen LogP) is 3.17. The summed E-state index contributed by atoms with van der Waals surface area (Å²) in [5.74, 6) is -2.68. The van der Waals surface area contributed by atoms with E-state index < -0.39 is 63.2 Å². The van der Waals surface area contributed by atoms with Gasteiger partial charge in [0.2, 0.25) is 15.9 Å². The molecule has 0 aliphatic rings. The van der Waals surface area contributed by atoms with Gasteiger partial charge in [-0.3, -0.25) is 9.59 Å². The summed E-state index contributed by atoms with van der Waals surface area (Å²) < 4.78 is 60.8. The highest BCUT2D eigenvalue weighted by molar-refractivity contribution is 7.89. The summed E-state index contributed by atoms with van der Waals surface area (Å²) in [6.07, 6.45) is -2.16. The number of carbonyl (C=O) groups excluding carboxylic acids is 3. The maximum atomic E-state index is 14.2. The summed E-state index contributed by atoms with van der Waals surface area (Å²) in [5, 5.41) is 15.7. The molecule has 0 radical (unpaired) electrons. The molecule has 238 valence electrons. The smallest absolute Gasteiger partial charge is 0.407 e. The van der Waals surface area contributed by atoms with Gasteiger partial charge < -0.3 is 20.5 Å². The van der Waals surface area contributed by atoms with Gasteiger partial charge in [-0.1, -0.05) is 30.3 Å². The number of hydrogen-bond donors (Lipinski definition) is 4. The van der Waals surface area contributed by atoms with Crippen LogP contribution in [0.1, 0.15) is 58.1 Å². The molecular weight excluding hydrogens is 584 g/mol. The summed E-state index contributed by atoms with van der Waals surface area (Å²) in [5.41, 5.74) is -0.0699. The highest BCUT2D eigenvalue weighted by Crippen LogP contribution is 2.14. The molecule has 10 nitrogen and oxygen atoms in total. The van der Waals surface area contributed by atoms with E-state index in [0.29, 0.717) is 0 Å². The zero-order chi connectivity index (χ0) is 32.2. The lowest BCUT2D eigenvalue weighted by Crippen LogP contribution is -2.47. The van der Waals surface area contributed by atoms with Gasteiger partial charge in [0.25, 0.3) is 0 Å². The number of aliphatic hydroxyl groups excluding tert-OH is 1. The third-order valence-electron chi connectivity index (χ3n) is 6.23. The maximum absolute atomic E-state index is 14.2. The van der Waals surface area contributed by atoms with Crippen LogP contribution in [0, 0.1) is 11.6 Å². The van der Waals surface area contributed by atoms with Crippen molar-refractivity contribution in [3.63, 3.8) is 0 Å². The zero-order valence-electron chi connectivity index (χ0n) is 24.9. The fraction of sp³-hybridized carbons (Fsp3) is 0.500. The molecule has 2 amide bonds. The Morgan fingerprint density at radius 2 is 1.65 bits per heavy atom. The predicted molar refractivity (Wildman–Crippen MR) is 158 cm³/mol. The van der Waals surface area contributed by atoms with E-state index in [1.54, 1.807) is 32.9 Å². The van der Waals surface area contributed by atoms with Crippen LogP contribution < -0.4 is 15.4 Å². The van der Waals surface area contributed by atoms with E-state index in [4.69, 9.17) is 4.74 Å². The Morgan fingerprint density at radius 3 is 2.28 bits per heavy atom. The molecule has 0 aliphatic heterocycles. The Balaban J connectivity index is 1.93. The third-order valence-corrected chi connectivity index (χ3v) is 7.66. The van der Waals surface area contributed by atoms with Crippen LogP contribution in [-0.4, -0.2) is 67.4 Å². The number of halogens is 2. The van der Waals surface area contributed by atoms with Crippen molar-refractivity contribution in [3.8, 4) is 0 Å². The normalized spacial score (nSPS) is 13.9. The van der Waals surface area contributed by atoms with Gasteiger partial charge in [-0.25, -0.2) is 26.7 Å². The van der Waals surface area contributed by atoms with E-state index in [2.05, 4.69) is 15.4 Å². The van der Waals surface area contributed by atoms with Crippen molar-refractivity contribution in [2.45, 2.75) is 83.6 Å². The molecule has 0 saturated heterocycles. The summed E-state index contributed by atoms with van der Waals surface area (Å²) in [4.78, 5) is 36.6. The van der Waals surface area contributed by atoms with Crippen molar-refractivity contribution in [2.24, 2.45) is 0 Å². The number of unbranched alkanes of at least 4 members (excludes halogenated alkanes) is 1. The number of ether oxygens (including phenoxy) is 1. The summed E-state index contributed by atoms with van der Waals surface area (Å²) in [7, 11) is -3.89. The Morgan fingerprint density at radius 1 is 0.977 bits per heavy atom. The molecule has 2 aromatic rings. The summed E-state index contributed by atoms with van der Waals surface area (Å²) >= 11 is 0. The minimum atomic E-state index is -3.89. The lowest BCUT2D eigenvalue weighted by molar-refractivity contribution is -0.130. The average Bonchev–Trinajstić information content (AvgIpc) is 2.90. The second-order valence-corrected chi connectivity index (χ2v) is 13.2. The number of carbonyl (C=O) groups is 3. The van der Waals surface area contributed by atoms with Crippen molar-refractivity contribution < 1.29 is 41.4 Å². The maximum Gasteiger partial charge on any atom is 0.407 e. The van der Waals surface area contributed by atoms with Crippen molar-refractivity contribution in [1.29, 1.82) is 0 Å². The van der Waals surface area contributed by atoms with Crippen LogP contribution in [0.25, 0.3) is 0 Å². The second kappa shape index (κ2) is 16.4. The topological polar surface area (TPSA) is 151 Å². The van der Waals surface area contributed by atoms with Crippen LogP contribution in [0.2, 0.25) is 0 Å². The van der Waals surface area contributed by atoms with Gasteiger partial charge in [-0.05, 0) is 75.8 Å². The van der Waals surface area contributed by atoms with Gasteiger partial charge in [0.1, 0.15) is 23.3 Å². The highest BCUT2D eigenvalue weighted by atomic mass is 32.2. The number of ketones is 1. The number of hydrogen-bond acceptors (Lipinski definition) is 7. The van der Waals surface area contributed by atoms with Crippen LogP contribution in [0.3, 0.4) is 0 Å². The zero-order valence-corrected chi connectivity index (χ0v) is 25.7. The van der Waals surface area contributed by atoms with Crippen LogP contribution in [0.4, 0.5) is 13.6 Å². The van der Waals surface area contributed by atoms with Gasteiger partial charge in [0.05, 0.1) is 11.8 Å². The Bertz CT molecular complexity index is 1340. The lowest BCUT2D eigenvalue weighted by atomic mass is 9.96. The number of sulfonamides is 1. The largest absolute Gasteiger partial charge is 0.444 e. The van der Waals surface area contributed by atoms with E-state index in [0.717, 1.165) is 23.8 Å². The van der Waals surface area contributed by atoms with Crippen molar-refractivity contribution >= 4 is 27.8 Å². The van der Waals surface area contributed by atoms with Gasteiger partial charge in [0.15, 0.2) is 5.78 Å². The molecule has 13 heteroatoms. The first kappa shape index (κ1) is 35.8. The number of nitrogens with one attached hydrogen (secondary N) is 3. The Labute approximate surface area is 251 Å². The quantitative estimate of drug-likeness (QED) is 0.209. The SMILES string of the molecule is CC(=O)NC(Cc1ccccc1)C(O)C(=O)CCCCS(=O)(=O)NCC(Cc1cc(F)ccc1F)NC(=O)OC(C)(C)C. The van der Waals surface area contributed by atoms with Gasteiger partial charge in [-0.15, -0.1) is 0 Å². The summed E-state index contributed by atoms with van der Waals surface area (Å²) in [6, 6.07) is 10.1. The van der Waals surface area contributed by atoms with Gasteiger partial charge >= 0.3 is 6.09 Å². The van der Waals surface area contributed by atoms with E-state index >= 15 is 0 Å².